The van der Waals surface area contributed by atoms with Crippen LogP contribution in [0, 0.1) is 17.1 Å². The molecule has 0 unspecified atom stereocenters. The molecule has 16 heavy (non-hydrogen) atoms. The van der Waals surface area contributed by atoms with Crippen LogP contribution >= 0.6 is 0 Å². The number of aliphatic hydroxyl groups excluding tert-OH is 1. The summed E-state index contributed by atoms with van der Waals surface area (Å²) in [7, 11) is 0. The molecule has 0 bridgehead atoms. The molecule has 0 radical (unpaired) electrons. The zero-order valence-corrected chi connectivity index (χ0v) is 9.11. The summed E-state index contributed by atoms with van der Waals surface area (Å²) in [6.45, 7) is 1.94. The van der Waals surface area contributed by atoms with Crippen LogP contribution in [-0.2, 0) is 0 Å². The maximum absolute atomic E-state index is 13.0. The lowest BCUT2D eigenvalue weighted by Crippen LogP contribution is -2.02. The molecule has 0 heterocycles. The Kier molecular flexibility index (Phi) is 4.74. The van der Waals surface area contributed by atoms with Crippen LogP contribution in [-0.4, -0.2) is 11.7 Å². The molecule has 3 nitrogen and oxygen atoms in total. The smallest absolute Gasteiger partial charge is 0.127 e. The van der Waals surface area contributed by atoms with Gasteiger partial charge in [-0.2, -0.15) is 5.26 Å². The van der Waals surface area contributed by atoms with Crippen molar-refractivity contribution in [2.45, 2.75) is 25.9 Å². The number of halogens is 1. The zero-order chi connectivity index (χ0) is 12.0. The Labute approximate surface area is 94.1 Å². The van der Waals surface area contributed by atoms with Crippen molar-refractivity contribution in [3.05, 3.63) is 29.6 Å². The van der Waals surface area contributed by atoms with Gasteiger partial charge in [0.25, 0.3) is 0 Å². The van der Waals surface area contributed by atoms with Crippen LogP contribution in [0.4, 0.5) is 4.39 Å². The predicted octanol–water partition coefficient (Wildman–Crippen LogP) is 2.56. The number of unbranched alkanes of at least 4 members (excludes halogenated alkanes) is 1. The van der Waals surface area contributed by atoms with Crippen LogP contribution in [0.5, 0.6) is 5.75 Å². The van der Waals surface area contributed by atoms with Gasteiger partial charge in [0.1, 0.15) is 11.6 Å². The first-order valence-electron chi connectivity index (χ1n) is 5.12. The van der Waals surface area contributed by atoms with E-state index in [1.54, 1.807) is 6.92 Å². The molecule has 0 aliphatic carbocycles. The van der Waals surface area contributed by atoms with Crippen LogP contribution in [0.25, 0.3) is 0 Å². The first-order valence-corrected chi connectivity index (χ1v) is 5.12. The third-order valence-corrected chi connectivity index (χ3v) is 2.12. The SMILES string of the molecule is C[C@H](O)c1ccc(F)cc1OCCCC#N. The average Bonchev–Trinajstić information content (AvgIpc) is 2.24. The summed E-state index contributed by atoms with van der Waals surface area (Å²) in [5.74, 6) is -0.0624. The molecule has 1 atom stereocenters. The second-order valence-electron chi connectivity index (χ2n) is 3.47. The molecular weight excluding hydrogens is 209 g/mol. The summed E-state index contributed by atoms with van der Waals surface area (Å²) in [4.78, 5) is 0. The van der Waals surface area contributed by atoms with Crippen molar-refractivity contribution in [3.63, 3.8) is 0 Å². The maximum Gasteiger partial charge on any atom is 0.127 e. The first-order chi connectivity index (χ1) is 7.65. The Bertz CT molecular complexity index is 385. The van der Waals surface area contributed by atoms with E-state index in [2.05, 4.69) is 0 Å². The van der Waals surface area contributed by atoms with Crippen molar-refractivity contribution in [3.8, 4) is 11.8 Å². The van der Waals surface area contributed by atoms with E-state index in [4.69, 9.17) is 10.00 Å². The van der Waals surface area contributed by atoms with Gasteiger partial charge in [-0.15, -0.1) is 0 Å². The van der Waals surface area contributed by atoms with Gasteiger partial charge >= 0.3 is 0 Å². The highest BCUT2D eigenvalue weighted by Gasteiger charge is 2.10. The van der Waals surface area contributed by atoms with E-state index in [9.17, 15) is 9.50 Å². The minimum Gasteiger partial charge on any atom is -0.493 e. The van der Waals surface area contributed by atoms with Crippen molar-refractivity contribution in [1.29, 1.82) is 5.26 Å². The van der Waals surface area contributed by atoms with Gasteiger partial charge < -0.3 is 9.84 Å². The molecule has 1 rings (SSSR count). The van der Waals surface area contributed by atoms with E-state index in [1.165, 1.54) is 18.2 Å². The Morgan fingerprint density at radius 2 is 2.31 bits per heavy atom. The van der Waals surface area contributed by atoms with Gasteiger partial charge in [0.05, 0.1) is 18.8 Å². The number of hydrogen-bond donors (Lipinski definition) is 1. The highest BCUT2D eigenvalue weighted by atomic mass is 19.1. The normalized spacial score (nSPS) is 11.9. The van der Waals surface area contributed by atoms with Gasteiger partial charge in [-0.1, -0.05) is 0 Å². The summed E-state index contributed by atoms with van der Waals surface area (Å²) in [6, 6.07) is 6.03. The fraction of sp³-hybridized carbons (Fsp3) is 0.417. The molecule has 0 aliphatic heterocycles. The molecular formula is C12H14FNO2. The minimum atomic E-state index is -0.702. The molecule has 0 spiro atoms. The van der Waals surface area contributed by atoms with Crippen molar-refractivity contribution < 1.29 is 14.2 Å². The van der Waals surface area contributed by atoms with Gasteiger partial charge in [0, 0.05) is 18.1 Å². The highest BCUT2D eigenvalue weighted by Crippen LogP contribution is 2.26. The Hall–Kier alpha value is -1.60. The minimum absolute atomic E-state index is 0.341. The lowest BCUT2D eigenvalue weighted by molar-refractivity contribution is 0.190. The summed E-state index contributed by atoms with van der Waals surface area (Å²) < 4.78 is 18.3. The van der Waals surface area contributed by atoms with Gasteiger partial charge in [-0.05, 0) is 25.5 Å². The largest absolute Gasteiger partial charge is 0.493 e. The lowest BCUT2D eigenvalue weighted by Gasteiger charge is -2.12. The molecule has 0 aliphatic rings. The molecule has 1 aromatic rings. The molecule has 86 valence electrons. The fourth-order valence-corrected chi connectivity index (χ4v) is 1.31. The lowest BCUT2D eigenvalue weighted by atomic mass is 10.1. The zero-order valence-electron chi connectivity index (χ0n) is 9.11. The molecule has 1 N–H and O–H groups in total. The highest BCUT2D eigenvalue weighted by molar-refractivity contribution is 5.35. The van der Waals surface area contributed by atoms with E-state index in [-0.39, 0.29) is 0 Å². The number of nitriles is 1. The number of aliphatic hydroxyl groups is 1. The number of benzene rings is 1. The third kappa shape index (κ3) is 3.52. The number of hydrogen-bond acceptors (Lipinski definition) is 3. The molecule has 1 aromatic carbocycles. The fourth-order valence-electron chi connectivity index (χ4n) is 1.31. The standard InChI is InChI=1S/C12H14FNO2/c1-9(15)11-5-4-10(13)8-12(11)16-7-3-2-6-14/h4-5,8-9,15H,2-3,7H2,1H3/t9-/m0/s1. The summed E-state index contributed by atoms with van der Waals surface area (Å²) in [6.07, 6.45) is 0.289. The predicted molar refractivity (Wildman–Crippen MR) is 57.4 cm³/mol. The van der Waals surface area contributed by atoms with Gasteiger partial charge in [-0.25, -0.2) is 4.39 Å². The molecule has 0 saturated carbocycles. The van der Waals surface area contributed by atoms with Crippen LogP contribution in [0.3, 0.4) is 0 Å². The first kappa shape index (κ1) is 12.5. The van der Waals surface area contributed by atoms with Crippen LogP contribution in [0.2, 0.25) is 0 Å². The van der Waals surface area contributed by atoms with E-state index < -0.39 is 11.9 Å². The summed E-state index contributed by atoms with van der Waals surface area (Å²) in [5, 5.41) is 17.8. The van der Waals surface area contributed by atoms with Crippen LogP contribution in [0.15, 0.2) is 18.2 Å². The van der Waals surface area contributed by atoms with Gasteiger partial charge in [0.2, 0.25) is 0 Å². The molecule has 0 fully saturated rings. The Morgan fingerprint density at radius 3 is 2.94 bits per heavy atom. The number of ether oxygens (including phenoxy) is 1. The second-order valence-corrected chi connectivity index (χ2v) is 3.47. The Morgan fingerprint density at radius 1 is 1.56 bits per heavy atom. The molecule has 0 aromatic heterocycles. The van der Waals surface area contributed by atoms with Crippen molar-refractivity contribution in [2.75, 3.05) is 6.61 Å². The second kappa shape index (κ2) is 6.09. The van der Waals surface area contributed by atoms with Crippen molar-refractivity contribution >= 4 is 0 Å². The molecule has 4 heteroatoms. The van der Waals surface area contributed by atoms with Crippen LogP contribution < -0.4 is 4.74 Å². The van der Waals surface area contributed by atoms with E-state index in [1.807, 2.05) is 6.07 Å². The van der Waals surface area contributed by atoms with E-state index in [0.717, 1.165) is 0 Å². The molecule has 0 saturated heterocycles. The quantitative estimate of drug-likeness (QED) is 0.780. The average molecular weight is 223 g/mol. The van der Waals surface area contributed by atoms with Crippen molar-refractivity contribution in [1.82, 2.24) is 0 Å². The summed E-state index contributed by atoms with van der Waals surface area (Å²) in [5.41, 5.74) is 0.554. The van der Waals surface area contributed by atoms with Gasteiger partial charge in [-0.3, -0.25) is 0 Å². The third-order valence-electron chi connectivity index (χ3n) is 2.12. The number of rotatable bonds is 5. The van der Waals surface area contributed by atoms with E-state index in [0.29, 0.717) is 30.8 Å². The number of nitrogens with zero attached hydrogens (tertiary/aromatic N) is 1. The van der Waals surface area contributed by atoms with Crippen LogP contribution in [0.1, 0.15) is 31.4 Å². The monoisotopic (exact) mass is 223 g/mol. The van der Waals surface area contributed by atoms with E-state index >= 15 is 0 Å². The van der Waals surface area contributed by atoms with Gasteiger partial charge in [0.15, 0.2) is 0 Å². The van der Waals surface area contributed by atoms with Crippen molar-refractivity contribution in [2.24, 2.45) is 0 Å². The topological polar surface area (TPSA) is 53.2 Å². The Balaban J connectivity index is 2.69. The maximum atomic E-state index is 13.0. The molecule has 0 amide bonds. The summed E-state index contributed by atoms with van der Waals surface area (Å²) >= 11 is 0.